The third-order valence-electron chi connectivity index (χ3n) is 3.77. The molecule has 2 rings (SSSR count). The average molecular weight is 287 g/mol. The lowest BCUT2D eigenvalue weighted by Gasteiger charge is -2.20. The molecule has 0 spiro atoms. The van der Waals surface area contributed by atoms with Gasteiger partial charge in [-0.1, -0.05) is 25.0 Å². The van der Waals surface area contributed by atoms with Crippen LogP contribution in [-0.4, -0.2) is 19.8 Å². The monoisotopic (exact) mass is 287 g/mol. The fraction of sp³-hybridized carbons (Fsp3) is 0.600. The van der Waals surface area contributed by atoms with E-state index in [-0.39, 0.29) is 12.1 Å². The van der Waals surface area contributed by atoms with Gasteiger partial charge in [0.2, 0.25) is 0 Å². The lowest BCUT2D eigenvalue weighted by Crippen LogP contribution is -2.24. The minimum atomic E-state index is -4.30. The van der Waals surface area contributed by atoms with Gasteiger partial charge >= 0.3 is 6.18 Å². The standard InChI is InChI=1S/C15H20F3NO/c1-19-14(10-20-13-7-2-3-8-13)11-5-4-6-12(9-11)15(16,17)18/h4-6,9,13-14,19H,2-3,7-8,10H2,1H3. The van der Waals surface area contributed by atoms with Crippen molar-refractivity contribution in [2.45, 2.75) is 44.0 Å². The first kappa shape index (κ1) is 15.3. The molecule has 0 aliphatic heterocycles. The Morgan fingerprint density at radius 3 is 2.60 bits per heavy atom. The molecule has 1 aliphatic rings. The Kier molecular flexibility index (Phi) is 5.05. The zero-order chi connectivity index (χ0) is 14.6. The maximum atomic E-state index is 12.7. The van der Waals surface area contributed by atoms with Crippen LogP contribution in [-0.2, 0) is 10.9 Å². The van der Waals surface area contributed by atoms with Crippen LogP contribution in [0.5, 0.6) is 0 Å². The van der Waals surface area contributed by atoms with E-state index in [2.05, 4.69) is 5.32 Å². The summed E-state index contributed by atoms with van der Waals surface area (Å²) in [6.45, 7) is 0.405. The van der Waals surface area contributed by atoms with Crippen molar-refractivity contribution in [3.8, 4) is 0 Å². The van der Waals surface area contributed by atoms with Gasteiger partial charge in [0.25, 0.3) is 0 Å². The van der Waals surface area contributed by atoms with Gasteiger partial charge in [0, 0.05) is 0 Å². The van der Waals surface area contributed by atoms with Gasteiger partial charge in [-0.05, 0) is 37.6 Å². The first-order valence-electron chi connectivity index (χ1n) is 6.96. The molecule has 1 aromatic rings. The molecule has 5 heteroatoms. The molecule has 0 aromatic heterocycles. The largest absolute Gasteiger partial charge is 0.416 e. The molecule has 20 heavy (non-hydrogen) atoms. The molecule has 0 amide bonds. The second-order valence-electron chi connectivity index (χ2n) is 5.20. The molecule has 1 unspecified atom stereocenters. The normalized spacial score (nSPS) is 18.4. The number of rotatable bonds is 5. The van der Waals surface area contributed by atoms with Crippen molar-refractivity contribution >= 4 is 0 Å². The van der Waals surface area contributed by atoms with E-state index in [1.54, 1.807) is 13.1 Å². The van der Waals surface area contributed by atoms with E-state index in [0.29, 0.717) is 12.2 Å². The van der Waals surface area contributed by atoms with Crippen molar-refractivity contribution in [3.05, 3.63) is 35.4 Å². The number of alkyl halides is 3. The zero-order valence-electron chi connectivity index (χ0n) is 11.5. The van der Waals surface area contributed by atoms with Gasteiger partial charge < -0.3 is 10.1 Å². The molecule has 1 atom stereocenters. The molecule has 2 nitrogen and oxygen atoms in total. The number of hydrogen-bond donors (Lipinski definition) is 1. The summed E-state index contributed by atoms with van der Waals surface area (Å²) >= 11 is 0. The fourth-order valence-electron chi connectivity index (χ4n) is 2.57. The summed E-state index contributed by atoms with van der Waals surface area (Å²) in [7, 11) is 1.74. The van der Waals surface area contributed by atoms with Crippen LogP contribution in [0.1, 0.15) is 42.9 Å². The fourth-order valence-corrected chi connectivity index (χ4v) is 2.57. The van der Waals surface area contributed by atoms with Crippen LogP contribution in [0, 0.1) is 0 Å². The maximum Gasteiger partial charge on any atom is 0.416 e. The van der Waals surface area contributed by atoms with Gasteiger partial charge in [0.15, 0.2) is 0 Å². The second-order valence-corrected chi connectivity index (χ2v) is 5.20. The molecule has 1 aliphatic carbocycles. The number of likely N-dealkylation sites (N-methyl/N-ethyl adjacent to an activating group) is 1. The first-order chi connectivity index (χ1) is 9.50. The van der Waals surface area contributed by atoms with Gasteiger partial charge in [-0.3, -0.25) is 0 Å². The summed E-state index contributed by atoms with van der Waals surface area (Å²) in [5.74, 6) is 0. The Morgan fingerprint density at radius 2 is 2.00 bits per heavy atom. The van der Waals surface area contributed by atoms with Crippen molar-refractivity contribution in [2.75, 3.05) is 13.7 Å². The molecule has 0 saturated heterocycles. The molecule has 1 aromatic carbocycles. The highest BCUT2D eigenvalue weighted by Crippen LogP contribution is 2.31. The van der Waals surface area contributed by atoms with E-state index in [4.69, 9.17) is 4.74 Å². The summed E-state index contributed by atoms with van der Waals surface area (Å²) in [4.78, 5) is 0. The molecule has 1 saturated carbocycles. The van der Waals surface area contributed by atoms with Crippen LogP contribution >= 0.6 is 0 Å². The molecular weight excluding hydrogens is 267 g/mol. The van der Waals surface area contributed by atoms with Crippen LogP contribution in [0.15, 0.2) is 24.3 Å². The van der Waals surface area contributed by atoms with Crippen LogP contribution in [0.25, 0.3) is 0 Å². The molecule has 0 bridgehead atoms. The molecule has 0 radical (unpaired) electrons. The summed E-state index contributed by atoms with van der Waals surface area (Å²) in [6, 6.07) is 5.22. The van der Waals surface area contributed by atoms with E-state index >= 15 is 0 Å². The van der Waals surface area contributed by atoms with Crippen LogP contribution in [0.2, 0.25) is 0 Å². The highest BCUT2D eigenvalue weighted by molar-refractivity contribution is 5.28. The van der Waals surface area contributed by atoms with Crippen molar-refractivity contribution in [2.24, 2.45) is 0 Å². The zero-order valence-corrected chi connectivity index (χ0v) is 11.5. The van der Waals surface area contributed by atoms with Crippen molar-refractivity contribution in [1.29, 1.82) is 0 Å². The number of benzene rings is 1. The predicted octanol–water partition coefficient (Wildman–Crippen LogP) is 3.93. The highest BCUT2D eigenvalue weighted by atomic mass is 19.4. The summed E-state index contributed by atoms with van der Waals surface area (Å²) in [5.41, 5.74) is -0.00330. The predicted molar refractivity (Wildman–Crippen MR) is 71.5 cm³/mol. The molecule has 1 N–H and O–H groups in total. The number of nitrogens with one attached hydrogen (secondary N) is 1. The number of halogens is 3. The summed E-state index contributed by atoms with van der Waals surface area (Å²) in [5, 5.41) is 3.03. The van der Waals surface area contributed by atoms with Crippen LogP contribution < -0.4 is 5.32 Å². The first-order valence-corrected chi connectivity index (χ1v) is 6.96. The topological polar surface area (TPSA) is 21.3 Å². The van der Waals surface area contributed by atoms with Crippen molar-refractivity contribution in [3.63, 3.8) is 0 Å². The summed E-state index contributed by atoms with van der Waals surface area (Å²) < 4.78 is 43.9. The van der Waals surface area contributed by atoms with Crippen molar-refractivity contribution < 1.29 is 17.9 Å². The second kappa shape index (κ2) is 6.59. The minimum Gasteiger partial charge on any atom is -0.376 e. The third kappa shape index (κ3) is 3.96. The molecule has 0 heterocycles. The summed E-state index contributed by atoms with van der Waals surface area (Å²) in [6.07, 6.45) is 0.423. The Hall–Kier alpha value is -1.07. The molecule has 112 valence electrons. The van der Waals surface area contributed by atoms with Gasteiger partial charge in [-0.15, -0.1) is 0 Å². The Balaban J connectivity index is 2.02. The molecular formula is C15H20F3NO. The lowest BCUT2D eigenvalue weighted by atomic mass is 10.0. The van der Waals surface area contributed by atoms with E-state index in [0.717, 1.165) is 18.9 Å². The number of ether oxygens (including phenoxy) is 1. The van der Waals surface area contributed by atoms with E-state index in [1.165, 1.54) is 25.0 Å². The van der Waals surface area contributed by atoms with E-state index in [9.17, 15) is 13.2 Å². The number of hydrogen-bond acceptors (Lipinski definition) is 2. The third-order valence-corrected chi connectivity index (χ3v) is 3.77. The van der Waals surface area contributed by atoms with Crippen molar-refractivity contribution in [1.82, 2.24) is 5.32 Å². The van der Waals surface area contributed by atoms with Gasteiger partial charge in [0.1, 0.15) is 0 Å². The smallest absolute Gasteiger partial charge is 0.376 e. The molecule has 1 fully saturated rings. The maximum absolute atomic E-state index is 12.7. The van der Waals surface area contributed by atoms with Gasteiger partial charge in [-0.2, -0.15) is 13.2 Å². The SMILES string of the molecule is CNC(COC1CCCC1)c1cccc(C(F)(F)F)c1. The lowest BCUT2D eigenvalue weighted by molar-refractivity contribution is -0.137. The van der Waals surface area contributed by atoms with Crippen LogP contribution in [0.4, 0.5) is 13.2 Å². The Morgan fingerprint density at radius 1 is 1.30 bits per heavy atom. The quantitative estimate of drug-likeness (QED) is 0.886. The minimum absolute atomic E-state index is 0.210. The Labute approximate surface area is 117 Å². The van der Waals surface area contributed by atoms with Gasteiger partial charge in [0.05, 0.1) is 24.3 Å². The van der Waals surface area contributed by atoms with E-state index < -0.39 is 11.7 Å². The average Bonchev–Trinajstić information content (AvgIpc) is 2.92. The Bertz CT molecular complexity index is 427. The van der Waals surface area contributed by atoms with Crippen LogP contribution in [0.3, 0.4) is 0 Å². The van der Waals surface area contributed by atoms with E-state index in [1.807, 2.05) is 0 Å². The van der Waals surface area contributed by atoms with Gasteiger partial charge in [-0.25, -0.2) is 0 Å². The highest BCUT2D eigenvalue weighted by Gasteiger charge is 2.31.